The molecule has 0 aliphatic rings. The third-order valence-electron chi connectivity index (χ3n) is 4.67. The molecule has 2 amide bonds. The van der Waals surface area contributed by atoms with Gasteiger partial charge in [-0.15, -0.1) is 11.8 Å². The number of nitrogens with zero attached hydrogens (tertiary/aromatic N) is 3. The smallest absolute Gasteiger partial charge is 0.260 e. The zero-order valence-corrected chi connectivity index (χ0v) is 19.6. The van der Waals surface area contributed by atoms with E-state index in [-0.39, 0.29) is 17.7 Å². The van der Waals surface area contributed by atoms with Gasteiger partial charge >= 0.3 is 0 Å². The summed E-state index contributed by atoms with van der Waals surface area (Å²) in [4.78, 5) is 36.5. The summed E-state index contributed by atoms with van der Waals surface area (Å²) in [6.07, 6.45) is 3.75. The second-order valence-electron chi connectivity index (χ2n) is 7.53. The molecule has 2 aromatic rings. The fourth-order valence-corrected chi connectivity index (χ4v) is 3.79. The predicted octanol–water partition coefficient (Wildman–Crippen LogP) is 5.14. The quantitative estimate of drug-likeness (QED) is 0.442. The summed E-state index contributed by atoms with van der Waals surface area (Å²) in [7, 11) is 0. The van der Waals surface area contributed by atoms with Crippen LogP contribution in [0.2, 0.25) is 0 Å². The summed E-state index contributed by atoms with van der Waals surface area (Å²) in [5.41, 5.74) is 2.41. The normalized spacial score (nSPS) is 10.9. The summed E-state index contributed by atoms with van der Waals surface area (Å²) >= 11 is 1.44. The molecule has 0 unspecified atom stereocenters. The fraction of sp³-hybridized carbons (Fsp3) is 0.478. The molecule has 2 rings (SSSR count). The first-order valence-corrected chi connectivity index (χ1v) is 11.7. The van der Waals surface area contributed by atoms with Crippen LogP contribution in [0, 0.1) is 6.92 Å². The molecule has 1 aromatic heterocycles. The molecule has 0 saturated heterocycles. The second-order valence-corrected chi connectivity index (χ2v) is 8.32. The van der Waals surface area contributed by atoms with Crippen LogP contribution in [0.3, 0.4) is 0 Å². The van der Waals surface area contributed by atoms with Gasteiger partial charge in [0.15, 0.2) is 0 Å². The summed E-state index contributed by atoms with van der Waals surface area (Å²) in [6, 6.07) is 7.05. The van der Waals surface area contributed by atoms with Gasteiger partial charge < -0.3 is 10.2 Å². The van der Waals surface area contributed by atoms with Crippen LogP contribution in [0.5, 0.6) is 0 Å². The fourth-order valence-electron chi connectivity index (χ4n) is 3.16. The maximum atomic E-state index is 12.9. The first kappa shape index (κ1) is 23.9. The number of amides is 2. The van der Waals surface area contributed by atoms with Crippen molar-refractivity contribution in [3.8, 4) is 0 Å². The molecule has 1 aromatic carbocycles. The van der Waals surface area contributed by atoms with E-state index in [4.69, 9.17) is 0 Å². The molecule has 0 fully saturated rings. The number of anilines is 1. The topological polar surface area (TPSA) is 75.2 Å². The highest BCUT2D eigenvalue weighted by Crippen LogP contribution is 2.24. The van der Waals surface area contributed by atoms with Crippen molar-refractivity contribution in [2.24, 2.45) is 0 Å². The Morgan fingerprint density at radius 3 is 2.17 bits per heavy atom. The second kappa shape index (κ2) is 11.1. The van der Waals surface area contributed by atoms with E-state index < -0.39 is 0 Å². The number of hydrogen-bond donors (Lipinski definition) is 1. The van der Waals surface area contributed by atoms with Crippen LogP contribution in [0.15, 0.2) is 29.3 Å². The number of aryl methyl sites for hydroxylation is 1. The number of rotatable bonds is 9. The molecule has 0 saturated carbocycles. The summed E-state index contributed by atoms with van der Waals surface area (Å²) in [5, 5.41) is 3.58. The van der Waals surface area contributed by atoms with Crippen LogP contribution in [-0.4, -0.2) is 46.0 Å². The van der Waals surface area contributed by atoms with E-state index in [1.165, 1.54) is 11.8 Å². The molecule has 0 aliphatic carbocycles. The van der Waals surface area contributed by atoms with Crippen LogP contribution in [-0.2, 0) is 0 Å². The number of aromatic nitrogens is 2. The minimum Gasteiger partial charge on any atom is -0.339 e. The van der Waals surface area contributed by atoms with Gasteiger partial charge in [0, 0.05) is 30.3 Å². The van der Waals surface area contributed by atoms with E-state index in [0.717, 1.165) is 31.8 Å². The van der Waals surface area contributed by atoms with Crippen molar-refractivity contribution in [3.05, 3.63) is 46.9 Å². The Morgan fingerprint density at radius 2 is 1.67 bits per heavy atom. The van der Waals surface area contributed by atoms with Crippen molar-refractivity contribution in [3.63, 3.8) is 0 Å². The molecule has 1 N–H and O–H groups in total. The van der Waals surface area contributed by atoms with Gasteiger partial charge in [-0.25, -0.2) is 9.97 Å². The lowest BCUT2D eigenvalue weighted by Crippen LogP contribution is -2.32. The molecule has 7 heteroatoms. The zero-order chi connectivity index (χ0) is 22.3. The van der Waals surface area contributed by atoms with Gasteiger partial charge in [-0.05, 0) is 50.3 Å². The maximum absolute atomic E-state index is 12.9. The van der Waals surface area contributed by atoms with Crippen LogP contribution in [0.25, 0.3) is 0 Å². The molecular weight excluding hydrogens is 396 g/mol. The molecule has 30 heavy (non-hydrogen) atoms. The molecule has 1 heterocycles. The highest BCUT2D eigenvalue weighted by atomic mass is 32.2. The van der Waals surface area contributed by atoms with Crippen molar-refractivity contribution in [1.82, 2.24) is 14.9 Å². The average Bonchev–Trinajstić information content (AvgIpc) is 2.72. The highest BCUT2D eigenvalue weighted by Gasteiger charge is 2.20. The number of hydrogen-bond acceptors (Lipinski definition) is 5. The highest BCUT2D eigenvalue weighted by molar-refractivity contribution is 7.98. The van der Waals surface area contributed by atoms with Crippen molar-refractivity contribution in [2.45, 2.75) is 58.4 Å². The van der Waals surface area contributed by atoms with Gasteiger partial charge in [0.1, 0.15) is 10.9 Å². The van der Waals surface area contributed by atoms with E-state index in [1.807, 2.05) is 31.9 Å². The van der Waals surface area contributed by atoms with Crippen LogP contribution in [0.1, 0.15) is 78.7 Å². The van der Waals surface area contributed by atoms with Gasteiger partial charge in [-0.1, -0.05) is 27.7 Å². The van der Waals surface area contributed by atoms with Crippen LogP contribution >= 0.6 is 11.8 Å². The minimum atomic E-state index is -0.246. The third-order valence-corrected chi connectivity index (χ3v) is 5.36. The maximum Gasteiger partial charge on any atom is 0.260 e. The summed E-state index contributed by atoms with van der Waals surface area (Å²) in [6.45, 7) is 11.5. The first-order chi connectivity index (χ1) is 14.3. The van der Waals surface area contributed by atoms with Crippen LogP contribution in [0.4, 0.5) is 5.69 Å². The Morgan fingerprint density at radius 1 is 1.07 bits per heavy atom. The van der Waals surface area contributed by atoms with Gasteiger partial charge in [0.2, 0.25) is 0 Å². The minimum absolute atomic E-state index is 0.0229. The first-order valence-electron chi connectivity index (χ1n) is 10.5. The Bertz CT molecular complexity index is 876. The Hall–Kier alpha value is -2.41. The Labute approximate surface area is 183 Å². The Balaban J connectivity index is 2.19. The number of carbonyl (C=O) groups excluding carboxylic acids is 2. The number of thioether (sulfide) groups is 1. The van der Waals surface area contributed by atoms with Crippen molar-refractivity contribution in [1.29, 1.82) is 0 Å². The van der Waals surface area contributed by atoms with E-state index in [9.17, 15) is 9.59 Å². The monoisotopic (exact) mass is 428 g/mol. The largest absolute Gasteiger partial charge is 0.339 e. The van der Waals surface area contributed by atoms with Gasteiger partial charge in [0.05, 0.1) is 11.3 Å². The van der Waals surface area contributed by atoms with E-state index in [2.05, 4.69) is 29.1 Å². The summed E-state index contributed by atoms with van der Waals surface area (Å²) in [5.74, 6) is 0.705. The number of benzene rings is 1. The predicted molar refractivity (Wildman–Crippen MR) is 124 cm³/mol. The summed E-state index contributed by atoms with van der Waals surface area (Å²) < 4.78 is 0. The molecular formula is C23H32N4O2S. The molecule has 0 atom stereocenters. The van der Waals surface area contributed by atoms with E-state index in [1.54, 1.807) is 24.3 Å². The average molecular weight is 429 g/mol. The molecule has 0 aliphatic heterocycles. The van der Waals surface area contributed by atoms with Gasteiger partial charge in [-0.2, -0.15) is 0 Å². The zero-order valence-electron chi connectivity index (χ0n) is 18.8. The van der Waals surface area contributed by atoms with Crippen molar-refractivity contribution < 1.29 is 9.59 Å². The molecule has 162 valence electrons. The molecule has 0 bridgehead atoms. The lowest BCUT2D eigenvalue weighted by molar-refractivity contribution is 0.0755. The standard InChI is InChI=1S/C23H32N4O2S/c1-7-13-27(14-8-2)23(29)17-9-11-18(12-10-17)25-21(28)19-16(5)24-20(15(3)4)26-22(19)30-6/h9-12,15H,7-8,13-14H2,1-6H3,(H,25,28). The lowest BCUT2D eigenvalue weighted by atomic mass is 10.1. The SMILES string of the molecule is CCCN(CCC)C(=O)c1ccc(NC(=O)c2c(C)nc(C(C)C)nc2SC)cc1. The molecule has 0 spiro atoms. The molecule has 6 nitrogen and oxygen atoms in total. The number of nitrogens with one attached hydrogen (secondary N) is 1. The van der Waals surface area contributed by atoms with Gasteiger partial charge in [0.25, 0.3) is 11.8 Å². The third kappa shape index (κ3) is 5.81. The Kier molecular flexibility index (Phi) is 8.84. The van der Waals surface area contributed by atoms with Gasteiger partial charge in [-0.3, -0.25) is 9.59 Å². The van der Waals surface area contributed by atoms with Crippen molar-refractivity contribution >= 4 is 29.3 Å². The number of carbonyl (C=O) groups is 2. The van der Waals surface area contributed by atoms with Crippen molar-refractivity contribution in [2.75, 3.05) is 24.7 Å². The lowest BCUT2D eigenvalue weighted by Gasteiger charge is -2.21. The van der Waals surface area contributed by atoms with E-state index >= 15 is 0 Å². The van der Waals surface area contributed by atoms with Crippen LogP contribution < -0.4 is 5.32 Å². The molecule has 0 radical (unpaired) electrons. The van der Waals surface area contributed by atoms with E-state index in [0.29, 0.717) is 27.5 Å².